The Balaban J connectivity index is 4.54. The van der Waals surface area contributed by atoms with Crippen LogP contribution in [0.4, 0.5) is 0 Å². The Morgan fingerprint density at radius 3 is 1.94 bits per heavy atom. The molecule has 0 aliphatic rings. The first-order valence-electron chi connectivity index (χ1n) is 7.83. The van der Waals surface area contributed by atoms with Crippen molar-refractivity contribution in [3.63, 3.8) is 0 Å². The second-order valence-electron chi connectivity index (χ2n) is 5.99. The number of rotatable bonds is 9. The Morgan fingerprint density at radius 2 is 1.56 bits per heavy atom. The quantitative estimate of drug-likeness (QED) is 0.635. The predicted octanol–water partition coefficient (Wildman–Crippen LogP) is 3.84. The van der Waals surface area contributed by atoms with Gasteiger partial charge in [0.2, 0.25) is 0 Å². The van der Waals surface area contributed by atoms with E-state index < -0.39 is 7.59 Å². The minimum Gasteiger partial charge on any atom is -0.311 e. The molecule has 1 N–H and O–H groups in total. The van der Waals surface area contributed by atoms with Gasteiger partial charge in [0.25, 0.3) is 0 Å². The molecule has 18 heavy (non-hydrogen) atoms. The summed E-state index contributed by atoms with van der Waals surface area (Å²) in [5, 5.41) is 5.43. The van der Waals surface area contributed by atoms with Crippen LogP contribution in [0.15, 0.2) is 10.8 Å². The third kappa shape index (κ3) is 5.85. The van der Waals surface area contributed by atoms with Crippen LogP contribution in [0.3, 0.4) is 0 Å². The summed E-state index contributed by atoms with van der Waals surface area (Å²) in [6, 6.07) is 5.14. The molecule has 0 saturated heterocycles. The molecule has 1 unspecified atom stereocenters. The van der Waals surface area contributed by atoms with Gasteiger partial charge in [-0.15, -0.1) is 0 Å². The lowest BCUT2D eigenvalue weighted by atomic mass is 10.2. The van der Waals surface area contributed by atoms with Crippen molar-refractivity contribution in [1.29, 1.82) is 0 Å². The summed E-state index contributed by atoms with van der Waals surface area (Å²) in [7, 11) is -0.832. The van der Waals surface area contributed by atoms with E-state index in [0.717, 1.165) is 6.54 Å². The van der Waals surface area contributed by atoms with Gasteiger partial charge >= 0.3 is 0 Å². The number of allylic oxidation sites excluding steroid dienone is 1. The molecular formula is C15H35NSi2. The van der Waals surface area contributed by atoms with E-state index in [1.807, 2.05) is 0 Å². The molecule has 1 atom stereocenters. The molecule has 0 aromatic rings. The molecule has 0 rings (SSSR count). The van der Waals surface area contributed by atoms with Crippen LogP contribution in [0.5, 0.6) is 0 Å². The van der Waals surface area contributed by atoms with Crippen molar-refractivity contribution in [1.82, 2.24) is 5.32 Å². The molecule has 0 heterocycles. The van der Waals surface area contributed by atoms with Crippen molar-refractivity contribution >= 4 is 16.6 Å². The maximum Gasteiger partial charge on any atom is 0.0444 e. The predicted molar refractivity (Wildman–Crippen MR) is 91.9 cm³/mol. The summed E-state index contributed by atoms with van der Waals surface area (Å²) in [5.74, 6) is 0. The smallest absolute Gasteiger partial charge is 0.0444 e. The Labute approximate surface area is 118 Å². The largest absolute Gasteiger partial charge is 0.311 e. The standard InChI is InChI=1S/C15H35NSi2/c1-8-14(6)16-12-13(5)15(7)17-18(9-2,10-3)11-4/h14,16H,8-12,17H2,1-7H3. The van der Waals surface area contributed by atoms with Crippen LogP contribution in [0.2, 0.25) is 18.1 Å². The monoisotopic (exact) mass is 285 g/mol. The molecule has 0 bridgehead atoms. The Kier molecular flexibility index (Phi) is 9.17. The van der Waals surface area contributed by atoms with Crippen LogP contribution in [-0.2, 0) is 0 Å². The molecule has 0 radical (unpaired) electrons. The summed E-state index contributed by atoms with van der Waals surface area (Å²) in [5.41, 5.74) is 1.63. The maximum absolute atomic E-state index is 3.63. The summed E-state index contributed by atoms with van der Waals surface area (Å²) >= 11 is 0. The topological polar surface area (TPSA) is 12.0 Å². The van der Waals surface area contributed by atoms with E-state index in [0.29, 0.717) is 6.04 Å². The van der Waals surface area contributed by atoms with Crippen LogP contribution in [0, 0.1) is 0 Å². The summed E-state index contributed by atoms with van der Waals surface area (Å²) in [6.07, 6.45) is 1.22. The van der Waals surface area contributed by atoms with E-state index in [1.165, 1.54) is 24.6 Å². The first-order chi connectivity index (χ1) is 8.44. The minimum atomic E-state index is -0.855. The molecule has 0 aromatic carbocycles. The van der Waals surface area contributed by atoms with Gasteiger partial charge in [-0.3, -0.25) is 0 Å². The molecule has 3 heteroatoms. The minimum absolute atomic E-state index is 0.0227. The zero-order chi connectivity index (χ0) is 14.2. The lowest BCUT2D eigenvalue weighted by Crippen LogP contribution is -2.41. The van der Waals surface area contributed by atoms with Crippen molar-refractivity contribution in [2.24, 2.45) is 0 Å². The zero-order valence-corrected chi connectivity index (χ0v) is 16.2. The fourth-order valence-corrected chi connectivity index (χ4v) is 12.8. The second kappa shape index (κ2) is 9.10. The van der Waals surface area contributed by atoms with Gasteiger partial charge in [-0.1, -0.05) is 56.6 Å². The Hall–Kier alpha value is 0.134. The molecule has 0 aliphatic carbocycles. The third-order valence-corrected chi connectivity index (χ3v) is 19.7. The van der Waals surface area contributed by atoms with E-state index in [4.69, 9.17) is 0 Å². The van der Waals surface area contributed by atoms with Crippen LogP contribution >= 0.6 is 0 Å². The molecule has 108 valence electrons. The Morgan fingerprint density at radius 1 is 1.06 bits per heavy atom. The van der Waals surface area contributed by atoms with Gasteiger partial charge in [0, 0.05) is 29.2 Å². The van der Waals surface area contributed by atoms with Crippen LogP contribution in [0.1, 0.15) is 54.9 Å². The van der Waals surface area contributed by atoms with Crippen molar-refractivity contribution in [2.45, 2.75) is 79.1 Å². The van der Waals surface area contributed by atoms with Gasteiger partial charge in [-0.2, -0.15) is 0 Å². The highest BCUT2D eigenvalue weighted by Gasteiger charge is 2.27. The van der Waals surface area contributed by atoms with Gasteiger partial charge in [-0.05, 0) is 27.2 Å². The van der Waals surface area contributed by atoms with E-state index >= 15 is 0 Å². The lowest BCUT2D eigenvalue weighted by Gasteiger charge is -2.29. The summed E-state index contributed by atoms with van der Waals surface area (Å²) in [4.78, 5) is 0. The highest BCUT2D eigenvalue weighted by molar-refractivity contribution is 7.27. The van der Waals surface area contributed by atoms with Gasteiger partial charge in [-0.25, -0.2) is 0 Å². The lowest BCUT2D eigenvalue weighted by molar-refractivity contribution is 0.559. The number of hydrogen-bond donors (Lipinski definition) is 1. The van der Waals surface area contributed by atoms with Crippen molar-refractivity contribution < 1.29 is 0 Å². The second-order valence-corrected chi connectivity index (χ2v) is 18.1. The average Bonchev–Trinajstić information content (AvgIpc) is 2.41. The molecular weight excluding hydrogens is 250 g/mol. The first kappa shape index (κ1) is 18.1. The van der Waals surface area contributed by atoms with Crippen LogP contribution in [0.25, 0.3) is 0 Å². The number of hydrogen-bond acceptors (Lipinski definition) is 1. The van der Waals surface area contributed by atoms with Crippen molar-refractivity contribution in [3.05, 3.63) is 10.8 Å². The maximum atomic E-state index is 3.63. The molecule has 0 saturated carbocycles. The van der Waals surface area contributed by atoms with Gasteiger partial charge in [0.1, 0.15) is 0 Å². The average molecular weight is 286 g/mol. The van der Waals surface area contributed by atoms with Crippen molar-refractivity contribution in [3.8, 4) is 0 Å². The highest BCUT2D eigenvalue weighted by Crippen LogP contribution is 2.22. The molecule has 0 amide bonds. The molecule has 0 fully saturated rings. The van der Waals surface area contributed by atoms with E-state index in [1.54, 1.807) is 10.8 Å². The first-order valence-corrected chi connectivity index (χ1v) is 13.5. The molecule has 0 aromatic heterocycles. The van der Waals surface area contributed by atoms with Gasteiger partial charge in [0.05, 0.1) is 0 Å². The fraction of sp³-hybridized carbons (Fsp3) is 0.867. The highest BCUT2D eigenvalue weighted by atomic mass is 29.2. The fourth-order valence-electron chi connectivity index (χ4n) is 2.46. The molecule has 0 aliphatic heterocycles. The Bertz CT molecular complexity index is 249. The van der Waals surface area contributed by atoms with Crippen LogP contribution in [-0.4, -0.2) is 29.2 Å². The normalized spacial score (nSPS) is 16.2. The molecule has 1 nitrogen and oxygen atoms in total. The SMILES string of the molecule is CCC(C)NCC(C)=C(C)[SiH2][Si](CC)(CC)CC. The van der Waals surface area contributed by atoms with Gasteiger partial charge < -0.3 is 5.32 Å². The zero-order valence-electron chi connectivity index (χ0n) is 13.8. The third-order valence-electron chi connectivity index (χ3n) is 4.95. The summed E-state index contributed by atoms with van der Waals surface area (Å²) in [6.45, 7) is 17.7. The summed E-state index contributed by atoms with van der Waals surface area (Å²) < 4.78 is 0. The van der Waals surface area contributed by atoms with E-state index in [2.05, 4.69) is 53.8 Å². The van der Waals surface area contributed by atoms with E-state index in [-0.39, 0.29) is 9.04 Å². The van der Waals surface area contributed by atoms with Crippen LogP contribution < -0.4 is 5.32 Å². The number of nitrogens with one attached hydrogen (secondary N) is 1. The van der Waals surface area contributed by atoms with E-state index in [9.17, 15) is 0 Å². The molecule has 0 spiro atoms. The van der Waals surface area contributed by atoms with Crippen molar-refractivity contribution in [2.75, 3.05) is 6.54 Å². The van der Waals surface area contributed by atoms with Gasteiger partial charge in [0.15, 0.2) is 0 Å².